The number of anilines is 1. The van der Waals surface area contributed by atoms with Gasteiger partial charge in [0.15, 0.2) is 6.61 Å². The molecule has 110 valence electrons. The van der Waals surface area contributed by atoms with Gasteiger partial charge in [-0.25, -0.2) is 4.98 Å². The highest BCUT2D eigenvalue weighted by atomic mass is 19.4. The van der Waals surface area contributed by atoms with Crippen LogP contribution in [0.15, 0.2) is 18.3 Å². The van der Waals surface area contributed by atoms with Crippen molar-refractivity contribution in [2.75, 3.05) is 37.7 Å². The highest BCUT2D eigenvalue weighted by molar-refractivity contribution is 5.47. The predicted octanol–water partition coefficient (Wildman–Crippen LogP) is 1.68. The van der Waals surface area contributed by atoms with E-state index in [1.165, 1.54) is 6.07 Å². The highest BCUT2D eigenvalue weighted by Gasteiger charge is 2.36. The summed E-state index contributed by atoms with van der Waals surface area (Å²) in [7, 11) is 0. The molecular weight excluding hydrogens is 271 g/mol. The molecular formula is C13H16F3N3O. The molecule has 2 aliphatic rings. The summed E-state index contributed by atoms with van der Waals surface area (Å²) in [6.07, 6.45) is -2.75. The molecule has 7 heteroatoms. The Hall–Kier alpha value is -1.50. The van der Waals surface area contributed by atoms with Crippen LogP contribution in [0, 0.1) is 11.8 Å². The third-order valence-corrected chi connectivity index (χ3v) is 3.86. The van der Waals surface area contributed by atoms with Gasteiger partial charge in [0.2, 0.25) is 5.88 Å². The third kappa shape index (κ3) is 2.98. The van der Waals surface area contributed by atoms with Crippen molar-refractivity contribution in [2.45, 2.75) is 6.18 Å². The van der Waals surface area contributed by atoms with E-state index in [1.54, 1.807) is 12.3 Å². The Morgan fingerprint density at radius 3 is 2.50 bits per heavy atom. The van der Waals surface area contributed by atoms with Crippen molar-refractivity contribution in [3.05, 3.63) is 18.3 Å². The number of pyridine rings is 1. The molecule has 1 aromatic rings. The van der Waals surface area contributed by atoms with E-state index >= 15 is 0 Å². The first kappa shape index (κ1) is 13.5. The Balaban J connectivity index is 1.59. The second kappa shape index (κ2) is 5.12. The van der Waals surface area contributed by atoms with Gasteiger partial charge in [-0.15, -0.1) is 0 Å². The minimum Gasteiger partial charge on any atom is -0.468 e. The van der Waals surface area contributed by atoms with Gasteiger partial charge in [-0.1, -0.05) is 0 Å². The van der Waals surface area contributed by atoms with Crippen molar-refractivity contribution in [2.24, 2.45) is 11.8 Å². The largest absolute Gasteiger partial charge is 0.468 e. The molecule has 2 atom stereocenters. The average molecular weight is 287 g/mol. The van der Waals surface area contributed by atoms with E-state index in [4.69, 9.17) is 0 Å². The van der Waals surface area contributed by atoms with Crippen molar-refractivity contribution < 1.29 is 17.9 Å². The molecule has 1 N–H and O–H groups in total. The van der Waals surface area contributed by atoms with Gasteiger partial charge in [0, 0.05) is 32.2 Å². The summed E-state index contributed by atoms with van der Waals surface area (Å²) in [4.78, 5) is 6.17. The fraction of sp³-hybridized carbons (Fsp3) is 0.615. The minimum absolute atomic E-state index is 0.00660. The van der Waals surface area contributed by atoms with Crippen molar-refractivity contribution in [1.29, 1.82) is 0 Å². The lowest BCUT2D eigenvalue weighted by atomic mass is 10.0. The normalized spacial score (nSPS) is 25.9. The van der Waals surface area contributed by atoms with Gasteiger partial charge in [-0.3, -0.25) is 0 Å². The zero-order valence-electron chi connectivity index (χ0n) is 10.9. The van der Waals surface area contributed by atoms with Crippen LogP contribution >= 0.6 is 0 Å². The number of nitrogens with one attached hydrogen (secondary N) is 1. The monoisotopic (exact) mass is 287 g/mol. The number of ether oxygens (including phenoxy) is 1. The molecule has 20 heavy (non-hydrogen) atoms. The first-order valence-electron chi connectivity index (χ1n) is 6.62. The first-order chi connectivity index (χ1) is 9.51. The Labute approximate surface area is 114 Å². The summed E-state index contributed by atoms with van der Waals surface area (Å²) in [5, 5.41) is 3.37. The number of halogens is 3. The fourth-order valence-corrected chi connectivity index (χ4v) is 2.87. The lowest BCUT2D eigenvalue weighted by molar-refractivity contribution is -0.154. The summed E-state index contributed by atoms with van der Waals surface area (Å²) >= 11 is 0. The quantitative estimate of drug-likeness (QED) is 0.918. The first-order valence-corrected chi connectivity index (χ1v) is 6.62. The summed E-state index contributed by atoms with van der Waals surface area (Å²) < 4.78 is 40.7. The summed E-state index contributed by atoms with van der Waals surface area (Å²) in [5.41, 5.74) is 0.943. The van der Waals surface area contributed by atoms with E-state index < -0.39 is 12.8 Å². The van der Waals surface area contributed by atoms with Crippen molar-refractivity contribution in [1.82, 2.24) is 10.3 Å². The van der Waals surface area contributed by atoms with Crippen LogP contribution in [0.5, 0.6) is 5.88 Å². The molecule has 2 fully saturated rings. The van der Waals surface area contributed by atoms with E-state index in [-0.39, 0.29) is 5.88 Å². The summed E-state index contributed by atoms with van der Waals surface area (Å²) in [6, 6.07) is 3.26. The van der Waals surface area contributed by atoms with E-state index in [2.05, 4.69) is 19.9 Å². The molecule has 2 saturated heterocycles. The Morgan fingerprint density at radius 1 is 1.25 bits per heavy atom. The number of hydrogen-bond donors (Lipinski definition) is 1. The summed E-state index contributed by atoms with van der Waals surface area (Å²) in [6.45, 7) is 2.73. The average Bonchev–Trinajstić information content (AvgIpc) is 2.97. The molecule has 0 aromatic carbocycles. The SMILES string of the molecule is FC(F)(F)COc1ccc(N2CC3CNCC3C2)cn1. The van der Waals surface area contributed by atoms with Crippen molar-refractivity contribution in [3.63, 3.8) is 0 Å². The Kier molecular flexibility index (Phi) is 3.45. The van der Waals surface area contributed by atoms with Crippen molar-refractivity contribution in [3.8, 4) is 5.88 Å². The van der Waals surface area contributed by atoms with Crippen LogP contribution in [0.1, 0.15) is 0 Å². The topological polar surface area (TPSA) is 37.4 Å². The fourth-order valence-electron chi connectivity index (χ4n) is 2.87. The van der Waals surface area contributed by atoms with Gasteiger partial charge in [0.25, 0.3) is 0 Å². The molecule has 0 bridgehead atoms. The Bertz CT molecular complexity index is 451. The molecule has 3 rings (SSSR count). The van der Waals surface area contributed by atoms with E-state index in [0.717, 1.165) is 31.9 Å². The molecule has 2 aliphatic heterocycles. The predicted molar refractivity (Wildman–Crippen MR) is 67.8 cm³/mol. The van der Waals surface area contributed by atoms with Crippen LogP contribution in [0.25, 0.3) is 0 Å². The molecule has 0 radical (unpaired) electrons. The lowest BCUT2D eigenvalue weighted by Crippen LogP contribution is -2.25. The smallest absolute Gasteiger partial charge is 0.422 e. The number of aromatic nitrogens is 1. The molecule has 0 saturated carbocycles. The zero-order valence-corrected chi connectivity index (χ0v) is 10.9. The number of alkyl halides is 3. The number of hydrogen-bond acceptors (Lipinski definition) is 4. The van der Waals surface area contributed by atoms with Crippen LogP contribution in [0.4, 0.5) is 18.9 Å². The molecule has 0 amide bonds. The molecule has 0 spiro atoms. The number of fused-ring (bicyclic) bond motifs is 1. The van der Waals surface area contributed by atoms with Crippen LogP contribution in [-0.2, 0) is 0 Å². The molecule has 0 aliphatic carbocycles. The zero-order chi connectivity index (χ0) is 14.2. The van der Waals surface area contributed by atoms with E-state index in [9.17, 15) is 13.2 Å². The maximum Gasteiger partial charge on any atom is 0.422 e. The van der Waals surface area contributed by atoms with Gasteiger partial charge in [0.05, 0.1) is 11.9 Å². The van der Waals surface area contributed by atoms with Crippen LogP contribution in [-0.4, -0.2) is 43.9 Å². The van der Waals surface area contributed by atoms with E-state index in [1.807, 2.05) is 0 Å². The maximum absolute atomic E-state index is 12.0. The minimum atomic E-state index is -4.33. The van der Waals surface area contributed by atoms with Crippen LogP contribution in [0.3, 0.4) is 0 Å². The van der Waals surface area contributed by atoms with Crippen molar-refractivity contribution >= 4 is 5.69 Å². The second-order valence-corrected chi connectivity index (χ2v) is 5.34. The molecule has 4 nitrogen and oxygen atoms in total. The second-order valence-electron chi connectivity index (χ2n) is 5.34. The van der Waals surface area contributed by atoms with Gasteiger partial charge in [0.1, 0.15) is 0 Å². The van der Waals surface area contributed by atoms with Crippen LogP contribution < -0.4 is 15.0 Å². The maximum atomic E-state index is 12.0. The van der Waals surface area contributed by atoms with Gasteiger partial charge in [-0.2, -0.15) is 13.2 Å². The van der Waals surface area contributed by atoms with E-state index in [0.29, 0.717) is 11.8 Å². The molecule has 1 aromatic heterocycles. The molecule has 2 unspecified atom stereocenters. The number of rotatable bonds is 3. The highest BCUT2D eigenvalue weighted by Crippen LogP contribution is 2.30. The van der Waals surface area contributed by atoms with Gasteiger partial charge >= 0.3 is 6.18 Å². The third-order valence-electron chi connectivity index (χ3n) is 3.86. The Morgan fingerprint density at radius 2 is 1.95 bits per heavy atom. The van der Waals surface area contributed by atoms with Gasteiger partial charge < -0.3 is 15.0 Å². The number of nitrogens with zero attached hydrogens (tertiary/aromatic N) is 2. The van der Waals surface area contributed by atoms with Gasteiger partial charge in [-0.05, 0) is 17.9 Å². The van der Waals surface area contributed by atoms with Crippen LogP contribution in [0.2, 0.25) is 0 Å². The molecule has 3 heterocycles. The lowest BCUT2D eigenvalue weighted by Gasteiger charge is -2.19. The standard InChI is InChI=1S/C13H16F3N3O/c14-13(15,16)8-20-12-2-1-11(5-18-12)19-6-9-3-17-4-10(9)7-19/h1-2,5,9-10,17H,3-4,6-8H2. The summed E-state index contributed by atoms with van der Waals surface area (Å²) in [5.74, 6) is 1.33.